The van der Waals surface area contributed by atoms with E-state index in [2.05, 4.69) is 17.1 Å². The first-order valence-electron chi connectivity index (χ1n) is 12.7. The van der Waals surface area contributed by atoms with E-state index in [9.17, 15) is 13.8 Å². The number of piperidine rings is 1. The third kappa shape index (κ3) is 5.49. The highest BCUT2D eigenvalue weighted by Gasteiger charge is 2.31. The minimum atomic E-state index is -1.57. The number of nitrogens with one attached hydrogen (secondary N) is 1. The first-order valence-corrected chi connectivity index (χ1v) is 14.2. The van der Waals surface area contributed by atoms with E-state index < -0.39 is 10.8 Å². The van der Waals surface area contributed by atoms with Crippen molar-refractivity contribution in [1.29, 1.82) is 0 Å². The topological polar surface area (TPSA) is 69.7 Å². The van der Waals surface area contributed by atoms with Crippen LogP contribution in [-0.4, -0.2) is 46.6 Å². The van der Waals surface area contributed by atoms with Gasteiger partial charge in [-0.2, -0.15) is 0 Å². The van der Waals surface area contributed by atoms with Crippen LogP contribution < -0.4 is 10.2 Å². The molecule has 37 heavy (non-hydrogen) atoms. The van der Waals surface area contributed by atoms with Crippen LogP contribution in [0.4, 0.5) is 5.69 Å². The molecule has 2 aliphatic rings. The van der Waals surface area contributed by atoms with Crippen molar-refractivity contribution in [3.8, 4) is 0 Å². The van der Waals surface area contributed by atoms with Gasteiger partial charge in [0, 0.05) is 29.7 Å². The molecule has 5 rings (SSSR count). The molecule has 2 atom stereocenters. The molecule has 1 N–H and O–H groups in total. The number of hydrogen-bond acceptors (Lipinski definition) is 4. The van der Waals surface area contributed by atoms with E-state index in [-0.39, 0.29) is 18.4 Å². The number of nitrogens with zero attached hydrogens (tertiary/aromatic N) is 2. The number of fused-ring (bicyclic) bond motifs is 2. The summed E-state index contributed by atoms with van der Waals surface area (Å²) in [6.07, 6.45) is 3.64. The smallest absolute Gasteiger partial charge is 0.259 e. The Hall–Kier alpha value is -3.00. The van der Waals surface area contributed by atoms with E-state index in [0.717, 1.165) is 18.7 Å². The van der Waals surface area contributed by atoms with Crippen LogP contribution in [0.3, 0.4) is 0 Å². The van der Waals surface area contributed by atoms with Crippen LogP contribution in [0.15, 0.2) is 76.5 Å². The molecule has 3 aromatic rings. The molecule has 2 amide bonds. The molecule has 0 spiro atoms. The van der Waals surface area contributed by atoms with E-state index in [1.165, 1.54) is 19.3 Å². The molecular formula is C29H30ClN3O3S. The van der Waals surface area contributed by atoms with Gasteiger partial charge in [0.25, 0.3) is 11.8 Å². The number of rotatable bonds is 6. The zero-order chi connectivity index (χ0) is 25.9. The predicted molar refractivity (Wildman–Crippen MR) is 147 cm³/mol. The lowest BCUT2D eigenvalue weighted by Crippen LogP contribution is -2.42. The van der Waals surface area contributed by atoms with E-state index >= 15 is 0 Å². The molecular weight excluding hydrogens is 506 g/mol. The Morgan fingerprint density at radius 3 is 2.70 bits per heavy atom. The average Bonchev–Trinajstić information content (AvgIpc) is 2.99. The summed E-state index contributed by atoms with van der Waals surface area (Å²) in [4.78, 5) is 31.8. The number of amides is 2. The van der Waals surface area contributed by atoms with Crippen molar-refractivity contribution >= 4 is 39.9 Å². The van der Waals surface area contributed by atoms with Crippen LogP contribution in [0.5, 0.6) is 0 Å². The highest BCUT2D eigenvalue weighted by Crippen LogP contribution is 2.36. The molecule has 0 saturated carbocycles. The lowest BCUT2D eigenvalue weighted by molar-refractivity contribution is 0.0936. The molecule has 0 aliphatic carbocycles. The fraction of sp³-hybridized carbons (Fsp3) is 0.310. The number of benzene rings is 3. The van der Waals surface area contributed by atoms with Crippen molar-refractivity contribution in [2.45, 2.75) is 48.6 Å². The minimum Gasteiger partial charge on any atom is -0.351 e. The third-order valence-electron chi connectivity index (χ3n) is 7.13. The summed E-state index contributed by atoms with van der Waals surface area (Å²) in [5.41, 5.74) is 2.12. The second kappa shape index (κ2) is 11.2. The fourth-order valence-corrected chi connectivity index (χ4v) is 6.64. The predicted octanol–water partition coefficient (Wildman–Crippen LogP) is 5.27. The molecule has 1 saturated heterocycles. The maximum absolute atomic E-state index is 13.7. The van der Waals surface area contributed by atoms with Gasteiger partial charge in [-0.25, -0.2) is 4.21 Å². The molecule has 2 heterocycles. The van der Waals surface area contributed by atoms with E-state index in [4.69, 9.17) is 11.6 Å². The molecule has 0 bridgehead atoms. The third-order valence-corrected chi connectivity index (χ3v) is 8.86. The van der Waals surface area contributed by atoms with Gasteiger partial charge >= 0.3 is 0 Å². The van der Waals surface area contributed by atoms with E-state index in [0.29, 0.717) is 44.2 Å². The van der Waals surface area contributed by atoms with Crippen LogP contribution in [0.25, 0.3) is 0 Å². The number of halogens is 1. The Labute approximate surface area is 225 Å². The number of carbonyl (C=O) groups is 2. The molecule has 192 valence electrons. The van der Waals surface area contributed by atoms with Crippen LogP contribution >= 0.6 is 11.6 Å². The minimum absolute atomic E-state index is 0.213. The monoisotopic (exact) mass is 535 g/mol. The van der Waals surface area contributed by atoms with Crippen LogP contribution in [0.2, 0.25) is 5.02 Å². The largest absolute Gasteiger partial charge is 0.351 e. The molecule has 1 fully saturated rings. The van der Waals surface area contributed by atoms with Gasteiger partial charge in [-0.15, -0.1) is 0 Å². The highest BCUT2D eigenvalue weighted by molar-refractivity contribution is 7.85. The van der Waals surface area contributed by atoms with Crippen molar-refractivity contribution in [1.82, 2.24) is 10.2 Å². The van der Waals surface area contributed by atoms with Crippen LogP contribution in [0, 0.1) is 0 Å². The van der Waals surface area contributed by atoms with Crippen LogP contribution in [0.1, 0.15) is 52.5 Å². The summed E-state index contributed by atoms with van der Waals surface area (Å²) < 4.78 is 13.6. The Morgan fingerprint density at radius 2 is 1.89 bits per heavy atom. The van der Waals surface area contributed by atoms with Crippen molar-refractivity contribution in [3.05, 3.63) is 88.4 Å². The van der Waals surface area contributed by atoms with Crippen molar-refractivity contribution < 1.29 is 13.8 Å². The van der Waals surface area contributed by atoms with E-state index in [1.54, 1.807) is 59.5 Å². The average molecular weight is 536 g/mol. The molecule has 3 aromatic carbocycles. The summed E-state index contributed by atoms with van der Waals surface area (Å²) in [6.45, 7) is 4.87. The lowest BCUT2D eigenvalue weighted by Gasteiger charge is -2.33. The van der Waals surface area contributed by atoms with Gasteiger partial charge in [-0.05, 0) is 74.3 Å². The van der Waals surface area contributed by atoms with Gasteiger partial charge in [0.05, 0.1) is 38.4 Å². The zero-order valence-electron chi connectivity index (χ0n) is 20.8. The van der Waals surface area contributed by atoms with Gasteiger partial charge < -0.3 is 10.2 Å². The number of anilines is 1. The zero-order valence-corrected chi connectivity index (χ0v) is 22.4. The van der Waals surface area contributed by atoms with Gasteiger partial charge in [0.1, 0.15) is 0 Å². The Kier molecular flexibility index (Phi) is 7.74. The molecule has 0 radical (unpaired) electrons. The van der Waals surface area contributed by atoms with Gasteiger partial charge in [0.2, 0.25) is 0 Å². The van der Waals surface area contributed by atoms with E-state index in [1.807, 2.05) is 12.1 Å². The highest BCUT2D eigenvalue weighted by atomic mass is 35.5. The standard InChI is InChI=1S/C29H30ClN3O3S/c1-20-7-4-5-15-32(20)16-14-31-28(34)22-12-13-27-25(18-22)33(19-21-8-6-9-23(30)17-21)29(35)24-10-2-3-11-26(24)37(27)36/h2-3,6,8-13,17-18,20H,4-5,7,14-16,19H2,1H3,(H,31,34)/t20-,37+/m0/s1. The van der Waals surface area contributed by atoms with Crippen LogP contribution in [-0.2, 0) is 17.3 Å². The van der Waals surface area contributed by atoms with Gasteiger partial charge in [0.15, 0.2) is 0 Å². The Balaban J connectivity index is 1.45. The van der Waals surface area contributed by atoms with Crippen molar-refractivity contribution in [3.63, 3.8) is 0 Å². The fourth-order valence-electron chi connectivity index (χ4n) is 5.08. The maximum Gasteiger partial charge on any atom is 0.259 e. The summed E-state index contributed by atoms with van der Waals surface area (Å²) in [5, 5.41) is 3.59. The molecule has 8 heteroatoms. The summed E-state index contributed by atoms with van der Waals surface area (Å²) in [6, 6.07) is 19.9. The second-order valence-electron chi connectivity index (χ2n) is 9.61. The SMILES string of the molecule is C[C@H]1CCCCN1CCNC(=O)c1ccc2c(c1)N(Cc1cccc(Cl)c1)C(=O)c1ccccc1[S@]2=O. The summed E-state index contributed by atoms with van der Waals surface area (Å²) >= 11 is 6.21. The Morgan fingerprint density at radius 1 is 1.05 bits per heavy atom. The number of carbonyl (C=O) groups excluding carboxylic acids is 2. The summed E-state index contributed by atoms with van der Waals surface area (Å²) in [5.74, 6) is -0.477. The second-order valence-corrected chi connectivity index (χ2v) is 11.5. The number of hydrogen-bond donors (Lipinski definition) is 1. The molecule has 2 aliphatic heterocycles. The van der Waals surface area contributed by atoms with Gasteiger partial charge in [-0.3, -0.25) is 14.5 Å². The number of likely N-dealkylation sites (tertiary alicyclic amines) is 1. The van der Waals surface area contributed by atoms with Crippen molar-refractivity contribution in [2.24, 2.45) is 0 Å². The van der Waals surface area contributed by atoms with Gasteiger partial charge in [-0.1, -0.05) is 42.3 Å². The summed E-state index contributed by atoms with van der Waals surface area (Å²) in [7, 11) is -1.57. The lowest BCUT2D eigenvalue weighted by atomic mass is 10.0. The quantitative estimate of drug-likeness (QED) is 0.467. The first kappa shape index (κ1) is 25.6. The molecule has 0 unspecified atom stereocenters. The normalized spacial score (nSPS) is 19.6. The maximum atomic E-state index is 13.7. The van der Waals surface area contributed by atoms with Crippen molar-refractivity contribution in [2.75, 3.05) is 24.5 Å². The molecule has 6 nitrogen and oxygen atoms in total. The first-order chi connectivity index (χ1) is 17.9. The Bertz CT molecular complexity index is 1360. The molecule has 0 aromatic heterocycles.